The maximum absolute atomic E-state index is 12.0. The molecule has 0 atom stereocenters. The topological polar surface area (TPSA) is 73.6 Å². The zero-order valence-electron chi connectivity index (χ0n) is 25.2. The summed E-state index contributed by atoms with van der Waals surface area (Å²) in [5.41, 5.74) is 9.36. The lowest BCUT2D eigenvalue weighted by molar-refractivity contribution is -0.121. The van der Waals surface area contributed by atoms with Crippen LogP contribution < -0.4 is 11.1 Å². The smallest absolute Gasteiger partial charge is 0.220 e. The van der Waals surface area contributed by atoms with Gasteiger partial charge in [-0.25, -0.2) is 0 Å². The van der Waals surface area contributed by atoms with E-state index in [0.29, 0.717) is 45.9 Å². The average molecular weight is 591 g/mol. The van der Waals surface area contributed by atoms with Crippen LogP contribution in [0.25, 0.3) is 0 Å². The molecule has 42 heavy (non-hydrogen) atoms. The maximum atomic E-state index is 12.0. The first kappa shape index (κ1) is 33.9. The van der Waals surface area contributed by atoms with E-state index in [1.54, 1.807) is 0 Å². The van der Waals surface area contributed by atoms with Gasteiger partial charge in [0.2, 0.25) is 5.91 Å². The van der Waals surface area contributed by atoms with E-state index >= 15 is 0 Å². The Kier molecular flexibility index (Phi) is 17.0. The number of carbonyl (C=O) groups is 1. The Labute approximate surface area is 258 Å². The summed E-state index contributed by atoms with van der Waals surface area (Å²) in [6.07, 6.45) is 10.1. The Balaban J connectivity index is 1.30. The van der Waals surface area contributed by atoms with Crippen molar-refractivity contribution in [3.05, 3.63) is 108 Å². The van der Waals surface area contributed by atoms with Gasteiger partial charge in [-0.15, -0.1) is 11.8 Å². The van der Waals surface area contributed by atoms with Crippen LogP contribution in [0, 0.1) is 0 Å². The molecule has 228 valence electrons. The number of amides is 1. The Morgan fingerprint density at radius 3 is 1.57 bits per heavy atom. The number of hydrogen-bond donors (Lipinski definition) is 2. The number of nitrogens with one attached hydrogen (secondary N) is 1. The van der Waals surface area contributed by atoms with Crippen molar-refractivity contribution in [2.75, 3.05) is 45.3 Å². The lowest BCUT2D eigenvalue weighted by atomic mass is 9.84. The minimum absolute atomic E-state index is 0.119. The van der Waals surface area contributed by atoms with Gasteiger partial charge in [0.15, 0.2) is 0 Å². The van der Waals surface area contributed by atoms with Crippen LogP contribution in [0.3, 0.4) is 0 Å². The second-order valence-corrected chi connectivity index (χ2v) is 11.9. The molecule has 0 heterocycles. The molecule has 0 saturated heterocycles. The van der Waals surface area contributed by atoms with E-state index in [0.717, 1.165) is 18.6 Å². The monoisotopic (exact) mass is 590 g/mol. The van der Waals surface area contributed by atoms with E-state index in [2.05, 4.69) is 108 Å². The molecular weight excluding hydrogens is 540 g/mol. The van der Waals surface area contributed by atoms with Crippen LogP contribution in [0.4, 0.5) is 0 Å². The van der Waals surface area contributed by atoms with Gasteiger partial charge >= 0.3 is 0 Å². The van der Waals surface area contributed by atoms with E-state index in [1.807, 2.05) is 0 Å². The van der Waals surface area contributed by atoms with Crippen molar-refractivity contribution in [3.8, 4) is 0 Å². The number of thioether (sulfide) groups is 1. The van der Waals surface area contributed by atoms with Gasteiger partial charge in [-0.2, -0.15) is 0 Å². The lowest BCUT2D eigenvalue weighted by Crippen LogP contribution is -2.27. The molecule has 3 N–H and O–H groups in total. The fourth-order valence-electron chi connectivity index (χ4n) is 5.20. The third kappa shape index (κ3) is 11.9. The highest BCUT2D eigenvalue weighted by molar-refractivity contribution is 8.00. The summed E-state index contributed by atoms with van der Waals surface area (Å²) in [7, 11) is 0. The molecule has 0 spiro atoms. The highest BCUT2D eigenvalue weighted by Crippen LogP contribution is 2.48. The van der Waals surface area contributed by atoms with E-state index in [-0.39, 0.29) is 10.7 Å². The highest BCUT2D eigenvalue weighted by Gasteiger charge is 2.36. The first-order valence-corrected chi connectivity index (χ1v) is 16.7. The van der Waals surface area contributed by atoms with Crippen LogP contribution in [0.1, 0.15) is 74.5 Å². The molecule has 0 fully saturated rings. The quantitative estimate of drug-likeness (QED) is 0.0894. The first-order valence-electron chi connectivity index (χ1n) is 15.7. The van der Waals surface area contributed by atoms with Crippen molar-refractivity contribution in [2.24, 2.45) is 5.73 Å². The Bertz CT molecular complexity index is 986. The van der Waals surface area contributed by atoms with Crippen LogP contribution in [-0.4, -0.2) is 51.2 Å². The van der Waals surface area contributed by atoms with Gasteiger partial charge in [0.25, 0.3) is 0 Å². The highest BCUT2D eigenvalue weighted by atomic mass is 32.2. The minimum atomic E-state index is -0.220. The zero-order chi connectivity index (χ0) is 29.6. The summed E-state index contributed by atoms with van der Waals surface area (Å²) in [5, 5.41) is 2.93. The summed E-state index contributed by atoms with van der Waals surface area (Å²) < 4.78 is 10.5. The normalized spacial score (nSPS) is 11.5. The molecule has 3 aromatic rings. The van der Waals surface area contributed by atoms with Crippen LogP contribution >= 0.6 is 11.8 Å². The number of ether oxygens (including phenoxy) is 2. The van der Waals surface area contributed by atoms with Crippen molar-refractivity contribution >= 4 is 17.7 Å². The van der Waals surface area contributed by atoms with Crippen LogP contribution in [-0.2, 0) is 19.0 Å². The predicted octanol–water partition coefficient (Wildman–Crippen LogP) is 7.33. The second-order valence-electron chi connectivity index (χ2n) is 10.6. The van der Waals surface area contributed by atoms with Gasteiger partial charge in [0.05, 0.1) is 31.2 Å². The van der Waals surface area contributed by atoms with Crippen molar-refractivity contribution in [1.29, 1.82) is 0 Å². The Morgan fingerprint density at radius 1 is 0.619 bits per heavy atom. The number of rotatable bonds is 23. The molecule has 0 aromatic heterocycles. The fraction of sp³-hybridized carbons (Fsp3) is 0.472. The third-order valence-corrected chi connectivity index (χ3v) is 8.99. The van der Waals surface area contributed by atoms with Gasteiger partial charge in [0, 0.05) is 19.5 Å². The third-order valence-electron chi connectivity index (χ3n) is 7.36. The fourth-order valence-corrected chi connectivity index (χ4v) is 6.76. The lowest BCUT2D eigenvalue weighted by Gasteiger charge is -2.35. The maximum Gasteiger partial charge on any atom is 0.220 e. The van der Waals surface area contributed by atoms with Gasteiger partial charge in [0.1, 0.15) is 0 Å². The van der Waals surface area contributed by atoms with Gasteiger partial charge < -0.3 is 20.5 Å². The molecule has 3 aromatic carbocycles. The standard InChI is InChI=1S/C36H50N2O3S/c37-25-27-40-29-30-41-28-26-38-35(39)24-16-5-3-1-2-4-6-17-31-42-36(32-18-10-7-11-19-32,33-20-12-8-13-21-33)34-22-14-9-15-23-34/h7-15,18-23H,1-6,16-17,24-31,37H2,(H,38,39). The van der Waals surface area contributed by atoms with E-state index in [9.17, 15) is 4.79 Å². The largest absolute Gasteiger partial charge is 0.378 e. The first-order chi connectivity index (χ1) is 20.8. The molecule has 1 amide bonds. The molecule has 5 nitrogen and oxygen atoms in total. The summed E-state index contributed by atoms with van der Waals surface area (Å²) >= 11 is 2.06. The second kappa shape index (κ2) is 21.1. The Morgan fingerprint density at radius 2 is 1.07 bits per heavy atom. The molecule has 6 heteroatoms. The average Bonchev–Trinajstić information content (AvgIpc) is 3.04. The molecular formula is C36H50N2O3S. The Hall–Kier alpha value is -2.64. The summed E-state index contributed by atoms with van der Waals surface area (Å²) in [6, 6.07) is 32.9. The number of hydrogen-bond acceptors (Lipinski definition) is 5. The van der Waals surface area contributed by atoms with E-state index < -0.39 is 0 Å². The van der Waals surface area contributed by atoms with Crippen molar-refractivity contribution < 1.29 is 14.3 Å². The number of carbonyl (C=O) groups excluding carboxylic acids is 1. The molecule has 0 aliphatic rings. The van der Waals surface area contributed by atoms with E-state index in [4.69, 9.17) is 15.2 Å². The van der Waals surface area contributed by atoms with Gasteiger partial charge in [-0.1, -0.05) is 130 Å². The molecule has 0 aliphatic carbocycles. The van der Waals surface area contributed by atoms with Crippen molar-refractivity contribution in [1.82, 2.24) is 5.32 Å². The number of unbranched alkanes of at least 4 members (excludes halogenated alkanes) is 7. The number of benzene rings is 3. The van der Waals surface area contributed by atoms with Crippen LogP contribution in [0.15, 0.2) is 91.0 Å². The van der Waals surface area contributed by atoms with Gasteiger partial charge in [-0.3, -0.25) is 4.79 Å². The summed E-state index contributed by atoms with van der Waals surface area (Å²) in [6.45, 7) is 3.22. The predicted molar refractivity (Wildman–Crippen MR) is 177 cm³/mol. The molecule has 0 unspecified atom stereocenters. The summed E-state index contributed by atoms with van der Waals surface area (Å²) in [5.74, 6) is 1.23. The van der Waals surface area contributed by atoms with E-state index in [1.165, 1.54) is 55.2 Å². The summed E-state index contributed by atoms with van der Waals surface area (Å²) in [4.78, 5) is 12.0. The van der Waals surface area contributed by atoms with Crippen LogP contribution in [0.2, 0.25) is 0 Å². The SMILES string of the molecule is NCCOCCOCCNC(=O)CCCCCCCCCCSC(c1ccccc1)(c1ccccc1)c1ccccc1. The zero-order valence-corrected chi connectivity index (χ0v) is 26.0. The molecule has 0 saturated carbocycles. The van der Waals surface area contributed by atoms with Gasteiger partial charge in [-0.05, 0) is 35.3 Å². The van der Waals surface area contributed by atoms with Crippen molar-refractivity contribution in [3.63, 3.8) is 0 Å². The molecule has 0 bridgehead atoms. The molecule has 3 rings (SSSR count). The minimum Gasteiger partial charge on any atom is -0.378 e. The number of nitrogens with two attached hydrogens (primary N) is 1. The molecule has 0 aliphatic heterocycles. The van der Waals surface area contributed by atoms with Crippen LogP contribution in [0.5, 0.6) is 0 Å². The van der Waals surface area contributed by atoms with Crippen molar-refractivity contribution in [2.45, 2.75) is 62.5 Å². The molecule has 0 radical (unpaired) electrons.